The van der Waals surface area contributed by atoms with Gasteiger partial charge in [-0.25, -0.2) is 4.39 Å². The molecule has 0 unspecified atom stereocenters. The smallest absolute Gasteiger partial charge is 0.252 e. The number of hydrogen-bond acceptors (Lipinski definition) is 2. The third-order valence-corrected chi connectivity index (χ3v) is 9.32. The molecule has 174 valence electrons. The van der Waals surface area contributed by atoms with Crippen LogP contribution in [0, 0.1) is 17.2 Å². The van der Waals surface area contributed by atoms with Gasteiger partial charge in [0.15, 0.2) is 0 Å². The van der Waals surface area contributed by atoms with Crippen LogP contribution in [0.25, 0.3) is 0 Å². The molecule has 5 rings (SSSR count). The predicted molar refractivity (Wildman–Crippen MR) is 129 cm³/mol. The quantitative estimate of drug-likeness (QED) is 0.446. The zero-order valence-corrected chi connectivity index (χ0v) is 20.9. The number of fused-ring (bicyclic) bond motifs is 2. The van der Waals surface area contributed by atoms with Gasteiger partial charge in [-0.3, -0.25) is 9.59 Å². The molecular weight excluding hydrogens is 507 g/mol. The molecule has 7 heteroatoms. The number of rotatable bonds is 4. The molecule has 2 aromatic carbocycles. The van der Waals surface area contributed by atoms with Crippen LogP contribution in [-0.2, 0) is 10.3 Å². The first kappa shape index (κ1) is 22.9. The van der Waals surface area contributed by atoms with Crippen LogP contribution in [0.1, 0.15) is 79.4 Å². The molecule has 2 aromatic rings. The van der Waals surface area contributed by atoms with E-state index in [4.69, 9.17) is 11.6 Å². The summed E-state index contributed by atoms with van der Waals surface area (Å²) in [5.41, 5.74) is 1.26. The first-order chi connectivity index (χ1) is 15.7. The Morgan fingerprint density at radius 1 is 1.21 bits per heavy atom. The molecule has 1 heterocycles. The summed E-state index contributed by atoms with van der Waals surface area (Å²) in [4.78, 5) is 26.1. The molecule has 3 atom stereocenters. The Bertz CT molecular complexity index is 1130. The largest absolute Gasteiger partial charge is 0.348 e. The molecule has 2 amide bonds. The van der Waals surface area contributed by atoms with Crippen molar-refractivity contribution in [2.75, 3.05) is 0 Å². The van der Waals surface area contributed by atoms with E-state index in [-0.39, 0.29) is 23.1 Å². The van der Waals surface area contributed by atoms with Gasteiger partial charge in [-0.2, -0.15) is 0 Å². The summed E-state index contributed by atoms with van der Waals surface area (Å²) >= 11 is 9.98. The second-order valence-corrected chi connectivity index (χ2v) is 11.3. The van der Waals surface area contributed by atoms with E-state index in [1.165, 1.54) is 6.07 Å². The molecule has 4 nitrogen and oxygen atoms in total. The normalized spacial score (nSPS) is 26.3. The Morgan fingerprint density at radius 3 is 2.70 bits per heavy atom. The number of nitrogens with one attached hydrogen (secondary N) is 2. The number of halogens is 3. The van der Waals surface area contributed by atoms with E-state index in [0.717, 1.165) is 31.2 Å². The lowest BCUT2D eigenvalue weighted by molar-refractivity contribution is -0.126. The lowest BCUT2D eigenvalue weighted by atomic mass is 9.76. The molecule has 3 aliphatic rings. The van der Waals surface area contributed by atoms with Gasteiger partial charge in [0.1, 0.15) is 5.82 Å². The number of benzene rings is 2. The van der Waals surface area contributed by atoms with E-state index in [1.54, 1.807) is 6.07 Å². The van der Waals surface area contributed by atoms with Gasteiger partial charge >= 0.3 is 0 Å². The fourth-order valence-corrected chi connectivity index (χ4v) is 6.82. The molecule has 33 heavy (non-hydrogen) atoms. The van der Waals surface area contributed by atoms with E-state index in [9.17, 15) is 9.59 Å². The van der Waals surface area contributed by atoms with Crippen LogP contribution in [0.2, 0.25) is 5.02 Å². The van der Waals surface area contributed by atoms with Crippen molar-refractivity contribution in [1.29, 1.82) is 0 Å². The molecule has 1 aliphatic heterocycles. The molecule has 2 aliphatic carbocycles. The van der Waals surface area contributed by atoms with Gasteiger partial charge in [-0.05, 0) is 77.2 Å². The van der Waals surface area contributed by atoms with E-state index in [1.807, 2.05) is 24.3 Å². The maximum Gasteiger partial charge on any atom is 0.252 e. The first-order valence-corrected chi connectivity index (χ1v) is 12.8. The van der Waals surface area contributed by atoms with Gasteiger partial charge in [0.25, 0.3) is 5.91 Å². The monoisotopic (exact) mass is 532 g/mol. The van der Waals surface area contributed by atoms with Crippen LogP contribution < -0.4 is 10.6 Å². The van der Waals surface area contributed by atoms with Crippen molar-refractivity contribution in [1.82, 2.24) is 10.6 Å². The van der Waals surface area contributed by atoms with Crippen molar-refractivity contribution in [2.45, 2.75) is 63.5 Å². The van der Waals surface area contributed by atoms with Gasteiger partial charge in [0.05, 0.1) is 16.6 Å². The summed E-state index contributed by atoms with van der Waals surface area (Å²) < 4.78 is 15.7. The van der Waals surface area contributed by atoms with Crippen molar-refractivity contribution >= 4 is 39.3 Å². The van der Waals surface area contributed by atoms with Crippen LogP contribution >= 0.6 is 27.5 Å². The van der Waals surface area contributed by atoms with Gasteiger partial charge < -0.3 is 10.6 Å². The molecule has 0 aromatic heterocycles. The Balaban J connectivity index is 1.43. The van der Waals surface area contributed by atoms with Crippen molar-refractivity contribution < 1.29 is 14.0 Å². The third kappa shape index (κ3) is 3.79. The SMILES string of the molecule is CC1([C@H](NC(=O)[C@H]2CC[C@@]3(C2)NC(=O)c2ccccc23)c2c(F)ccc(Br)c2Cl)CCCC1. The second kappa shape index (κ2) is 8.38. The third-order valence-electron chi connectivity index (χ3n) is 8.02. The molecule has 2 saturated carbocycles. The lowest BCUT2D eigenvalue weighted by Crippen LogP contribution is -2.42. The van der Waals surface area contributed by atoms with Crippen molar-refractivity contribution in [3.05, 3.63) is 68.4 Å². The average Bonchev–Trinajstić information content (AvgIpc) is 3.50. The molecule has 0 saturated heterocycles. The van der Waals surface area contributed by atoms with Crippen LogP contribution in [0.5, 0.6) is 0 Å². The number of hydrogen-bond donors (Lipinski definition) is 2. The van der Waals surface area contributed by atoms with Crippen molar-refractivity contribution in [3.63, 3.8) is 0 Å². The van der Waals surface area contributed by atoms with Gasteiger partial charge in [-0.15, -0.1) is 0 Å². The average molecular weight is 534 g/mol. The van der Waals surface area contributed by atoms with Crippen molar-refractivity contribution in [3.8, 4) is 0 Å². The van der Waals surface area contributed by atoms with Gasteiger partial charge in [0.2, 0.25) is 5.91 Å². The van der Waals surface area contributed by atoms with Crippen LogP contribution in [-0.4, -0.2) is 11.8 Å². The number of amides is 2. The maximum atomic E-state index is 15.1. The standard InChI is InChI=1S/C26H27BrClFN2O2/c1-25(11-4-5-12-25)22(20-19(29)9-8-18(27)21(20)28)30-23(32)15-10-13-26(14-15)17-7-3-2-6-16(17)24(33)31-26/h2-3,6-9,15,22H,4-5,10-14H2,1H3,(H,30,32)(H,31,33)/t15-,22+,26-/m0/s1. The van der Waals surface area contributed by atoms with Crippen LogP contribution in [0.4, 0.5) is 4.39 Å². The fraction of sp³-hybridized carbons (Fsp3) is 0.462. The zero-order valence-electron chi connectivity index (χ0n) is 18.5. The summed E-state index contributed by atoms with van der Waals surface area (Å²) in [5, 5.41) is 6.67. The van der Waals surface area contributed by atoms with Gasteiger partial charge in [0, 0.05) is 21.5 Å². The van der Waals surface area contributed by atoms with E-state index >= 15 is 4.39 Å². The number of carbonyl (C=O) groups is 2. The van der Waals surface area contributed by atoms with Crippen molar-refractivity contribution in [2.24, 2.45) is 11.3 Å². The minimum atomic E-state index is -0.514. The summed E-state index contributed by atoms with van der Waals surface area (Å²) in [6, 6.07) is 10.1. The summed E-state index contributed by atoms with van der Waals surface area (Å²) in [6.07, 6.45) is 5.81. The Morgan fingerprint density at radius 2 is 1.94 bits per heavy atom. The molecule has 2 fully saturated rings. The molecule has 1 spiro atoms. The zero-order chi connectivity index (χ0) is 23.4. The molecule has 0 radical (unpaired) electrons. The van der Waals surface area contributed by atoms with E-state index < -0.39 is 17.4 Å². The Hall–Kier alpha value is -1.92. The predicted octanol–water partition coefficient (Wildman–Crippen LogP) is 6.42. The summed E-state index contributed by atoms with van der Waals surface area (Å²) in [6.45, 7) is 2.12. The molecule has 2 N–H and O–H groups in total. The molecular formula is C26H27BrClFN2O2. The Kier molecular flexibility index (Phi) is 5.81. The van der Waals surface area contributed by atoms with Crippen LogP contribution in [0.3, 0.4) is 0 Å². The minimum Gasteiger partial charge on any atom is -0.348 e. The lowest BCUT2D eigenvalue weighted by Gasteiger charge is -2.36. The highest BCUT2D eigenvalue weighted by molar-refractivity contribution is 9.10. The topological polar surface area (TPSA) is 58.2 Å². The molecule has 0 bridgehead atoms. The highest BCUT2D eigenvalue weighted by Crippen LogP contribution is 2.51. The fourth-order valence-electron chi connectivity index (χ4n) is 6.21. The highest BCUT2D eigenvalue weighted by atomic mass is 79.9. The number of carbonyl (C=O) groups excluding carboxylic acids is 2. The second-order valence-electron chi connectivity index (χ2n) is 10.1. The van der Waals surface area contributed by atoms with Crippen LogP contribution in [0.15, 0.2) is 40.9 Å². The first-order valence-electron chi connectivity index (χ1n) is 11.6. The van der Waals surface area contributed by atoms with E-state index in [2.05, 4.69) is 33.5 Å². The van der Waals surface area contributed by atoms with E-state index in [0.29, 0.717) is 39.9 Å². The highest BCUT2D eigenvalue weighted by Gasteiger charge is 2.50. The minimum absolute atomic E-state index is 0.0778. The summed E-state index contributed by atoms with van der Waals surface area (Å²) in [7, 11) is 0. The van der Waals surface area contributed by atoms with Gasteiger partial charge in [-0.1, -0.05) is 49.6 Å². The maximum absolute atomic E-state index is 15.1. The Labute approximate surface area is 206 Å². The summed E-state index contributed by atoms with van der Waals surface area (Å²) in [5.74, 6) is -0.843.